The Balaban J connectivity index is 3.12. The lowest BCUT2D eigenvalue weighted by molar-refractivity contribution is 0.0473. The van der Waals surface area contributed by atoms with Gasteiger partial charge in [0.2, 0.25) is 0 Å². The van der Waals surface area contributed by atoms with Crippen LogP contribution in [-0.4, -0.2) is 26.4 Å². The van der Waals surface area contributed by atoms with Crippen molar-refractivity contribution in [2.75, 3.05) is 5.75 Å². The fourth-order valence-electron chi connectivity index (χ4n) is 1.20. The number of carbonyl (C=O) groups is 1. The third kappa shape index (κ3) is 3.37. The van der Waals surface area contributed by atoms with Crippen LogP contribution < -0.4 is 0 Å². The Hall–Kier alpha value is -1.30. The zero-order valence-electron chi connectivity index (χ0n) is 8.48. The largest absolute Gasteiger partial charge is 0.298 e. The van der Waals surface area contributed by atoms with Crippen LogP contribution in [0.25, 0.3) is 0 Å². The second-order valence-corrected chi connectivity index (χ2v) is 5.51. The standard InChI is InChI=1S/C10H10F2O3S/c1-10(11,12)7-16(14,15)9-4-2-3-8(5-9)6-13/h2-6H,7H2,1H3. The molecule has 0 radical (unpaired) electrons. The van der Waals surface area contributed by atoms with Crippen LogP contribution in [0.2, 0.25) is 0 Å². The van der Waals surface area contributed by atoms with Crippen LogP contribution in [-0.2, 0) is 9.84 Å². The van der Waals surface area contributed by atoms with Crippen molar-refractivity contribution in [1.82, 2.24) is 0 Å². The van der Waals surface area contributed by atoms with Gasteiger partial charge < -0.3 is 0 Å². The van der Waals surface area contributed by atoms with Crippen molar-refractivity contribution < 1.29 is 22.0 Å². The minimum absolute atomic E-state index is 0.139. The van der Waals surface area contributed by atoms with Crippen LogP contribution in [0.3, 0.4) is 0 Å². The SMILES string of the molecule is CC(F)(F)CS(=O)(=O)c1cccc(C=O)c1. The highest BCUT2D eigenvalue weighted by Crippen LogP contribution is 2.20. The highest BCUT2D eigenvalue weighted by Gasteiger charge is 2.31. The Bertz CT molecular complexity index is 489. The second kappa shape index (κ2) is 4.29. The predicted octanol–water partition coefficient (Wildman–Crippen LogP) is 1.93. The molecule has 0 amide bonds. The molecule has 0 atom stereocenters. The van der Waals surface area contributed by atoms with Gasteiger partial charge in [0.15, 0.2) is 9.84 Å². The summed E-state index contributed by atoms with van der Waals surface area (Å²) >= 11 is 0. The first-order chi connectivity index (χ1) is 7.24. The van der Waals surface area contributed by atoms with Crippen molar-refractivity contribution in [1.29, 1.82) is 0 Å². The second-order valence-electron chi connectivity index (χ2n) is 3.52. The number of alkyl halides is 2. The minimum Gasteiger partial charge on any atom is -0.298 e. The minimum atomic E-state index is -4.06. The van der Waals surface area contributed by atoms with E-state index in [2.05, 4.69) is 0 Å². The molecule has 0 bridgehead atoms. The lowest BCUT2D eigenvalue weighted by Gasteiger charge is -2.10. The molecule has 0 heterocycles. The number of hydrogen-bond acceptors (Lipinski definition) is 3. The maximum absolute atomic E-state index is 12.6. The predicted molar refractivity (Wildman–Crippen MR) is 54.5 cm³/mol. The molecule has 6 heteroatoms. The first-order valence-electron chi connectivity index (χ1n) is 4.40. The number of benzene rings is 1. The molecule has 0 N–H and O–H groups in total. The van der Waals surface area contributed by atoms with Gasteiger partial charge in [-0.3, -0.25) is 4.79 Å². The van der Waals surface area contributed by atoms with Gasteiger partial charge in [0.25, 0.3) is 5.92 Å². The average Bonchev–Trinajstić information content (AvgIpc) is 2.14. The van der Waals surface area contributed by atoms with Crippen LogP contribution in [0.4, 0.5) is 8.78 Å². The van der Waals surface area contributed by atoms with E-state index < -0.39 is 21.5 Å². The summed E-state index contributed by atoms with van der Waals surface area (Å²) in [4.78, 5) is 10.2. The fourth-order valence-corrected chi connectivity index (χ4v) is 2.63. The molecule has 0 aliphatic heterocycles. The normalized spacial score (nSPS) is 12.4. The van der Waals surface area contributed by atoms with E-state index in [9.17, 15) is 22.0 Å². The molecular weight excluding hydrogens is 238 g/mol. The highest BCUT2D eigenvalue weighted by atomic mass is 32.2. The molecule has 3 nitrogen and oxygen atoms in total. The zero-order valence-corrected chi connectivity index (χ0v) is 9.30. The molecule has 0 fully saturated rings. The zero-order chi connectivity index (χ0) is 12.4. The van der Waals surface area contributed by atoms with E-state index in [1.165, 1.54) is 18.2 Å². The summed E-state index contributed by atoms with van der Waals surface area (Å²) < 4.78 is 48.3. The van der Waals surface area contributed by atoms with Crippen molar-refractivity contribution in [3.63, 3.8) is 0 Å². The Morgan fingerprint density at radius 2 is 2.00 bits per heavy atom. The Labute approximate surface area is 92.0 Å². The number of halogens is 2. The van der Waals surface area contributed by atoms with Crippen LogP contribution in [0.1, 0.15) is 17.3 Å². The number of rotatable bonds is 4. The summed E-state index contributed by atoms with van der Waals surface area (Å²) in [5.74, 6) is -4.56. The van der Waals surface area contributed by atoms with Gasteiger partial charge in [-0.15, -0.1) is 0 Å². The molecule has 1 aromatic rings. The summed E-state index contributed by atoms with van der Waals surface area (Å²) in [7, 11) is -4.06. The number of carbonyl (C=O) groups excluding carboxylic acids is 1. The number of aldehydes is 1. The van der Waals surface area contributed by atoms with Crippen molar-refractivity contribution in [3.8, 4) is 0 Å². The van der Waals surface area contributed by atoms with Crippen LogP contribution in [0.5, 0.6) is 0 Å². The van der Waals surface area contributed by atoms with E-state index in [0.717, 1.165) is 6.07 Å². The van der Waals surface area contributed by atoms with Gasteiger partial charge in [-0.05, 0) is 12.1 Å². The Kier molecular flexibility index (Phi) is 3.42. The van der Waals surface area contributed by atoms with Gasteiger partial charge in [-0.25, -0.2) is 17.2 Å². The monoisotopic (exact) mass is 248 g/mol. The van der Waals surface area contributed by atoms with E-state index in [4.69, 9.17) is 0 Å². The summed E-state index contributed by atoms with van der Waals surface area (Å²) in [5, 5.41) is 0. The topological polar surface area (TPSA) is 51.2 Å². The Morgan fingerprint density at radius 3 is 2.50 bits per heavy atom. The van der Waals surface area contributed by atoms with Gasteiger partial charge in [-0.1, -0.05) is 12.1 Å². The van der Waals surface area contributed by atoms with Gasteiger partial charge >= 0.3 is 0 Å². The molecule has 0 aliphatic carbocycles. The van der Waals surface area contributed by atoms with Gasteiger partial charge in [-0.2, -0.15) is 0 Å². The fraction of sp³-hybridized carbons (Fsp3) is 0.300. The maximum atomic E-state index is 12.6. The summed E-state index contributed by atoms with van der Waals surface area (Å²) in [6.07, 6.45) is 0.461. The quantitative estimate of drug-likeness (QED) is 0.765. The van der Waals surface area contributed by atoms with Gasteiger partial charge in [0.05, 0.1) is 4.90 Å². The maximum Gasteiger partial charge on any atom is 0.259 e. The lowest BCUT2D eigenvalue weighted by atomic mass is 10.2. The van der Waals surface area contributed by atoms with E-state index in [1.807, 2.05) is 0 Å². The first-order valence-corrected chi connectivity index (χ1v) is 6.06. The molecule has 0 aromatic heterocycles. The molecule has 16 heavy (non-hydrogen) atoms. The van der Waals surface area contributed by atoms with Crippen molar-refractivity contribution in [2.24, 2.45) is 0 Å². The summed E-state index contributed by atoms with van der Waals surface area (Å²) in [6, 6.07) is 5.00. The van der Waals surface area contributed by atoms with E-state index >= 15 is 0 Å². The third-order valence-corrected chi connectivity index (χ3v) is 3.66. The lowest BCUT2D eigenvalue weighted by Crippen LogP contribution is -2.24. The molecular formula is C10H10F2O3S. The smallest absolute Gasteiger partial charge is 0.259 e. The van der Waals surface area contributed by atoms with Crippen molar-refractivity contribution in [3.05, 3.63) is 29.8 Å². The Morgan fingerprint density at radius 1 is 1.38 bits per heavy atom. The van der Waals surface area contributed by atoms with E-state index in [1.54, 1.807) is 0 Å². The summed E-state index contributed by atoms with van der Waals surface area (Å²) in [5.41, 5.74) is 0.139. The van der Waals surface area contributed by atoms with Crippen LogP contribution in [0, 0.1) is 0 Å². The van der Waals surface area contributed by atoms with E-state index in [-0.39, 0.29) is 10.5 Å². The first kappa shape index (κ1) is 12.8. The van der Waals surface area contributed by atoms with Crippen LogP contribution in [0.15, 0.2) is 29.2 Å². The van der Waals surface area contributed by atoms with Gasteiger partial charge in [0, 0.05) is 12.5 Å². The van der Waals surface area contributed by atoms with Crippen LogP contribution >= 0.6 is 0 Å². The van der Waals surface area contributed by atoms with Crippen molar-refractivity contribution in [2.45, 2.75) is 17.7 Å². The van der Waals surface area contributed by atoms with Crippen molar-refractivity contribution >= 4 is 16.1 Å². The molecule has 0 saturated carbocycles. The third-order valence-electron chi connectivity index (χ3n) is 1.80. The molecule has 0 saturated heterocycles. The van der Waals surface area contributed by atoms with Gasteiger partial charge in [0.1, 0.15) is 12.0 Å². The number of hydrogen-bond donors (Lipinski definition) is 0. The molecule has 0 aliphatic rings. The molecule has 88 valence electrons. The number of sulfone groups is 1. The molecule has 0 spiro atoms. The average molecular weight is 248 g/mol. The summed E-state index contributed by atoms with van der Waals surface area (Å²) in [6.45, 7) is 0.536. The van der Waals surface area contributed by atoms with E-state index in [0.29, 0.717) is 13.2 Å². The molecule has 0 unspecified atom stereocenters. The molecule has 1 rings (SSSR count). The highest BCUT2D eigenvalue weighted by molar-refractivity contribution is 7.91. The molecule has 1 aromatic carbocycles.